The van der Waals surface area contributed by atoms with Crippen molar-refractivity contribution < 1.29 is 4.79 Å². The van der Waals surface area contributed by atoms with Gasteiger partial charge in [-0.3, -0.25) is 4.79 Å². The lowest BCUT2D eigenvalue weighted by molar-refractivity contribution is 0.0532. The molecule has 5 nitrogen and oxygen atoms in total. The third-order valence-electron chi connectivity index (χ3n) is 5.92. The Morgan fingerprint density at radius 2 is 1.80 bits per heavy atom. The second-order valence-corrected chi connectivity index (χ2v) is 7.39. The normalized spacial score (nSPS) is 25.2. The zero-order valence-electron chi connectivity index (χ0n) is 15.7. The molecule has 2 N–H and O–H groups in total. The lowest BCUT2D eigenvalue weighted by atomic mass is 9.90. The molecule has 2 atom stereocenters. The minimum absolute atomic E-state index is 0.129. The highest BCUT2D eigenvalue weighted by Gasteiger charge is 2.31. The van der Waals surface area contributed by atoms with Crippen LogP contribution in [0.3, 0.4) is 0 Å². The molecule has 1 aromatic carbocycles. The van der Waals surface area contributed by atoms with Gasteiger partial charge in [0.2, 0.25) is 0 Å². The summed E-state index contributed by atoms with van der Waals surface area (Å²) in [5.41, 5.74) is 7.94. The van der Waals surface area contributed by atoms with Gasteiger partial charge in [-0.1, -0.05) is 13.8 Å². The van der Waals surface area contributed by atoms with Gasteiger partial charge in [-0.25, -0.2) is 0 Å². The fourth-order valence-electron chi connectivity index (χ4n) is 4.16. The van der Waals surface area contributed by atoms with Crippen LogP contribution >= 0.6 is 0 Å². The first-order valence-electron chi connectivity index (χ1n) is 9.72. The quantitative estimate of drug-likeness (QED) is 0.908. The number of likely N-dealkylation sites (tertiary alicyclic amines) is 1. The highest BCUT2D eigenvalue weighted by Crippen LogP contribution is 2.25. The van der Waals surface area contributed by atoms with Gasteiger partial charge >= 0.3 is 0 Å². The number of amides is 1. The Labute approximate surface area is 151 Å². The monoisotopic (exact) mass is 344 g/mol. The summed E-state index contributed by atoms with van der Waals surface area (Å²) >= 11 is 0. The van der Waals surface area contributed by atoms with Crippen molar-refractivity contribution in [3.05, 3.63) is 29.8 Å². The van der Waals surface area contributed by atoms with Crippen LogP contribution in [0.5, 0.6) is 0 Å². The molecule has 1 amide bonds. The van der Waals surface area contributed by atoms with Crippen molar-refractivity contribution in [3.63, 3.8) is 0 Å². The summed E-state index contributed by atoms with van der Waals surface area (Å²) in [6.07, 6.45) is 2.23. The van der Waals surface area contributed by atoms with Crippen LogP contribution in [0.2, 0.25) is 0 Å². The fraction of sp³-hybridized carbons (Fsp3) is 0.650. The number of carbonyl (C=O) groups is 1. The topological polar surface area (TPSA) is 52.8 Å². The van der Waals surface area contributed by atoms with Crippen molar-refractivity contribution in [2.24, 2.45) is 11.7 Å². The maximum atomic E-state index is 12.9. The highest BCUT2D eigenvalue weighted by atomic mass is 16.2. The van der Waals surface area contributed by atoms with E-state index in [0.29, 0.717) is 12.5 Å². The summed E-state index contributed by atoms with van der Waals surface area (Å²) in [6, 6.07) is 8.33. The Balaban J connectivity index is 1.66. The first kappa shape index (κ1) is 18.2. The van der Waals surface area contributed by atoms with Crippen molar-refractivity contribution in [2.75, 3.05) is 50.7 Å². The summed E-state index contributed by atoms with van der Waals surface area (Å²) in [4.78, 5) is 19.8. The Bertz CT molecular complexity index is 566. The molecule has 0 aromatic heterocycles. The van der Waals surface area contributed by atoms with E-state index in [0.717, 1.165) is 57.7 Å². The van der Waals surface area contributed by atoms with E-state index in [-0.39, 0.29) is 11.9 Å². The molecular weight excluding hydrogens is 312 g/mol. The van der Waals surface area contributed by atoms with Gasteiger partial charge in [0.05, 0.1) is 0 Å². The number of hydrogen-bond donors (Lipinski definition) is 1. The zero-order chi connectivity index (χ0) is 17.8. The summed E-state index contributed by atoms with van der Waals surface area (Å²) in [5, 5.41) is 0. The molecule has 138 valence electrons. The predicted molar refractivity (Wildman–Crippen MR) is 103 cm³/mol. The average molecular weight is 345 g/mol. The van der Waals surface area contributed by atoms with Gasteiger partial charge in [0.15, 0.2) is 0 Å². The van der Waals surface area contributed by atoms with Crippen molar-refractivity contribution in [2.45, 2.75) is 32.7 Å². The molecule has 5 heteroatoms. The van der Waals surface area contributed by atoms with Crippen LogP contribution in [0.25, 0.3) is 0 Å². The van der Waals surface area contributed by atoms with E-state index in [4.69, 9.17) is 5.73 Å². The molecule has 0 spiro atoms. The number of likely N-dealkylation sites (N-methyl/N-ethyl adjacent to an activating group) is 1. The Morgan fingerprint density at radius 3 is 2.40 bits per heavy atom. The van der Waals surface area contributed by atoms with Crippen LogP contribution < -0.4 is 10.6 Å². The summed E-state index contributed by atoms with van der Waals surface area (Å²) in [7, 11) is 0. The van der Waals surface area contributed by atoms with E-state index in [1.54, 1.807) is 0 Å². The Morgan fingerprint density at radius 1 is 1.12 bits per heavy atom. The van der Waals surface area contributed by atoms with Crippen LogP contribution in [0.4, 0.5) is 5.69 Å². The number of hydrogen-bond acceptors (Lipinski definition) is 4. The molecular formula is C20H32N4O. The number of piperidine rings is 1. The minimum Gasteiger partial charge on any atom is -0.369 e. The standard InChI is InChI=1S/C20H32N4O/c1-3-22-11-13-23(14-12-22)18-8-6-17(7-9-18)20(25)24-10-4-5-16(2)19(24)15-21/h6-9,16,19H,3-5,10-15,21H2,1-2H3/t16-,19+/m1/s1. The second-order valence-electron chi connectivity index (χ2n) is 7.39. The van der Waals surface area contributed by atoms with Crippen LogP contribution in [0.15, 0.2) is 24.3 Å². The third kappa shape index (κ3) is 3.98. The van der Waals surface area contributed by atoms with Gasteiger partial charge in [0.1, 0.15) is 0 Å². The number of rotatable bonds is 4. The molecule has 0 saturated carbocycles. The molecule has 0 unspecified atom stereocenters. The molecule has 2 fully saturated rings. The first-order chi connectivity index (χ1) is 12.1. The van der Waals surface area contributed by atoms with Crippen LogP contribution in [0.1, 0.15) is 37.0 Å². The molecule has 3 rings (SSSR count). The number of carbonyl (C=O) groups excluding carboxylic acids is 1. The lowest BCUT2D eigenvalue weighted by Gasteiger charge is -2.39. The molecule has 2 heterocycles. The van der Waals surface area contributed by atoms with Gasteiger partial charge in [0.25, 0.3) is 5.91 Å². The van der Waals surface area contributed by atoms with Crippen LogP contribution in [-0.2, 0) is 0 Å². The van der Waals surface area contributed by atoms with Gasteiger partial charge in [-0.05, 0) is 49.6 Å². The Hall–Kier alpha value is -1.59. The van der Waals surface area contributed by atoms with Crippen molar-refractivity contribution >= 4 is 11.6 Å². The maximum Gasteiger partial charge on any atom is 0.254 e. The minimum atomic E-state index is 0.129. The number of anilines is 1. The molecule has 2 saturated heterocycles. The third-order valence-corrected chi connectivity index (χ3v) is 5.92. The number of nitrogens with zero attached hydrogens (tertiary/aromatic N) is 3. The molecule has 0 aliphatic carbocycles. The van der Waals surface area contributed by atoms with E-state index < -0.39 is 0 Å². The molecule has 2 aliphatic heterocycles. The van der Waals surface area contributed by atoms with Crippen molar-refractivity contribution in [1.82, 2.24) is 9.80 Å². The SMILES string of the molecule is CCN1CCN(c2ccc(C(=O)N3CCC[C@@H](C)[C@@H]3CN)cc2)CC1. The van der Waals surface area contributed by atoms with Gasteiger partial charge in [-0.2, -0.15) is 0 Å². The zero-order valence-corrected chi connectivity index (χ0v) is 15.7. The number of piperazine rings is 1. The van der Waals surface area contributed by atoms with E-state index in [9.17, 15) is 4.79 Å². The molecule has 2 aliphatic rings. The Kier molecular flexibility index (Phi) is 5.97. The number of nitrogens with two attached hydrogens (primary N) is 1. The fourth-order valence-corrected chi connectivity index (χ4v) is 4.16. The molecule has 1 aromatic rings. The van der Waals surface area contributed by atoms with Gasteiger partial charge < -0.3 is 20.4 Å². The van der Waals surface area contributed by atoms with Crippen molar-refractivity contribution in [3.8, 4) is 0 Å². The van der Waals surface area contributed by atoms with E-state index in [2.05, 4.69) is 35.8 Å². The summed E-state index contributed by atoms with van der Waals surface area (Å²) in [5.74, 6) is 0.612. The summed E-state index contributed by atoms with van der Waals surface area (Å²) in [6.45, 7) is 11.3. The van der Waals surface area contributed by atoms with E-state index in [1.807, 2.05) is 17.0 Å². The second kappa shape index (κ2) is 8.19. The smallest absolute Gasteiger partial charge is 0.254 e. The van der Waals surface area contributed by atoms with Crippen molar-refractivity contribution in [1.29, 1.82) is 0 Å². The lowest BCUT2D eigenvalue weighted by Crippen LogP contribution is -2.51. The molecule has 0 radical (unpaired) electrons. The van der Waals surface area contributed by atoms with Gasteiger partial charge in [0, 0.05) is 56.6 Å². The van der Waals surface area contributed by atoms with Gasteiger partial charge in [-0.15, -0.1) is 0 Å². The molecule has 25 heavy (non-hydrogen) atoms. The molecule has 0 bridgehead atoms. The maximum absolute atomic E-state index is 12.9. The first-order valence-corrected chi connectivity index (χ1v) is 9.72. The largest absolute Gasteiger partial charge is 0.369 e. The highest BCUT2D eigenvalue weighted by molar-refractivity contribution is 5.95. The predicted octanol–water partition coefficient (Wildman–Crippen LogP) is 2.03. The average Bonchev–Trinajstić information content (AvgIpc) is 2.67. The van der Waals surface area contributed by atoms with Crippen LogP contribution in [0, 0.1) is 5.92 Å². The van der Waals surface area contributed by atoms with Crippen LogP contribution in [-0.4, -0.2) is 67.6 Å². The number of benzene rings is 1. The van der Waals surface area contributed by atoms with E-state index >= 15 is 0 Å². The van der Waals surface area contributed by atoms with E-state index in [1.165, 1.54) is 5.69 Å². The summed E-state index contributed by atoms with van der Waals surface area (Å²) < 4.78 is 0.